The van der Waals surface area contributed by atoms with E-state index in [1.807, 2.05) is 12.1 Å². The van der Waals surface area contributed by atoms with E-state index in [9.17, 15) is 0 Å². The van der Waals surface area contributed by atoms with Gasteiger partial charge in [-0.25, -0.2) is 0 Å². The molecular formula is C13H21N3O. The molecule has 4 heteroatoms. The molecule has 0 radical (unpaired) electrons. The Morgan fingerprint density at radius 3 is 2.82 bits per heavy atom. The summed E-state index contributed by atoms with van der Waals surface area (Å²) in [5.74, 6) is 0.912. The van der Waals surface area contributed by atoms with E-state index in [-0.39, 0.29) is 0 Å². The molecule has 1 N–H and O–H groups in total. The first-order valence-electron chi connectivity index (χ1n) is 6.08. The van der Waals surface area contributed by atoms with Crippen molar-refractivity contribution in [3.05, 3.63) is 24.3 Å². The Labute approximate surface area is 103 Å². The molecule has 1 aromatic carbocycles. The predicted molar refractivity (Wildman–Crippen MR) is 70.7 cm³/mol. The van der Waals surface area contributed by atoms with Gasteiger partial charge in [0, 0.05) is 45.0 Å². The lowest BCUT2D eigenvalue weighted by Gasteiger charge is -2.32. The third kappa shape index (κ3) is 3.35. The van der Waals surface area contributed by atoms with Gasteiger partial charge in [0.05, 0.1) is 13.8 Å². The maximum absolute atomic E-state index is 5.24. The zero-order chi connectivity index (χ0) is 12.1. The average Bonchev–Trinajstić information content (AvgIpc) is 2.40. The smallest absolute Gasteiger partial charge is 0.120 e. The normalized spacial score (nSPS) is 16.8. The summed E-state index contributed by atoms with van der Waals surface area (Å²) in [7, 11) is 3.83. The van der Waals surface area contributed by atoms with Crippen LogP contribution in [-0.4, -0.2) is 51.9 Å². The van der Waals surface area contributed by atoms with E-state index < -0.39 is 0 Å². The number of methoxy groups -OCH3 is 1. The molecule has 1 heterocycles. The van der Waals surface area contributed by atoms with Gasteiger partial charge in [0.25, 0.3) is 0 Å². The maximum atomic E-state index is 5.24. The zero-order valence-electron chi connectivity index (χ0n) is 10.6. The number of benzene rings is 1. The lowest BCUT2D eigenvalue weighted by atomic mass is 10.3. The summed E-state index contributed by atoms with van der Waals surface area (Å²) in [6, 6.07) is 8.19. The Morgan fingerprint density at radius 2 is 2.12 bits per heavy atom. The van der Waals surface area contributed by atoms with Crippen molar-refractivity contribution in [1.29, 1.82) is 0 Å². The molecule has 4 nitrogen and oxygen atoms in total. The molecule has 0 saturated carbocycles. The average molecular weight is 235 g/mol. The molecule has 0 bridgehead atoms. The molecule has 0 atom stereocenters. The zero-order valence-corrected chi connectivity index (χ0v) is 10.6. The van der Waals surface area contributed by atoms with E-state index in [1.165, 1.54) is 5.69 Å². The molecule has 0 spiro atoms. The fourth-order valence-electron chi connectivity index (χ4n) is 2.08. The van der Waals surface area contributed by atoms with Gasteiger partial charge < -0.3 is 15.0 Å². The minimum Gasteiger partial charge on any atom is -0.497 e. The van der Waals surface area contributed by atoms with Crippen LogP contribution in [0.1, 0.15) is 0 Å². The van der Waals surface area contributed by atoms with E-state index in [1.54, 1.807) is 7.11 Å². The van der Waals surface area contributed by atoms with Crippen LogP contribution >= 0.6 is 0 Å². The fraction of sp³-hybridized carbons (Fsp3) is 0.538. The molecule has 1 saturated heterocycles. The van der Waals surface area contributed by atoms with Gasteiger partial charge in [-0.05, 0) is 12.1 Å². The highest BCUT2D eigenvalue weighted by Crippen LogP contribution is 2.19. The number of nitrogens with one attached hydrogen (secondary N) is 1. The summed E-state index contributed by atoms with van der Waals surface area (Å²) in [5.41, 5.74) is 1.20. The first-order valence-corrected chi connectivity index (χ1v) is 6.08. The topological polar surface area (TPSA) is 27.7 Å². The number of rotatable bonds is 4. The summed E-state index contributed by atoms with van der Waals surface area (Å²) in [4.78, 5) is 4.71. The van der Waals surface area contributed by atoms with Gasteiger partial charge in [0.15, 0.2) is 0 Å². The van der Waals surface area contributed by atoms with Gasteiger partial charge in [-0.2, -0.15) is 0 Å². The summed E-state index contributed by atoms with van der Waals surface area (Å²) >= 11 is 0. The van der Waals surface area contributed by atoms with E-state index in [4.69, 9.17) is 4.74 Å². The summed E-state index contributed by atoms with van der Waals surface area (Å²) in [6.45, 7) is 5.38. The largest absolute Gasteiger partial charge is 0.497 e. The summed E-state index contributed by atoms with van der Waals surface area (Å²) in [5, 5.41) is 3.37. The number of hydrogen-bond acceptors (Lipinski definition) is 4. The Balaban J connectivity index is 1.95. The van der Waals surface area contributed by atoms with Crippen molar-refractivity contribution in [2.24, 2.45) is 0 Å². The van der Waals surface area contributed by atoms with Crippen molar-refractivity contribution in [3.63, 3.8) is 0 Å². The highest BCUT2D eigenvalue weighted by atomic mass is 16.5. The lowest BCUT2D eigenvalue weighted by molar-refractivity contribution is 0.243. The van der Waals surface area contributed by atoms with E-state index in [0.717, 1.165) is 38.6 Å². The molecular weight excluding hydrogens is 214 g/mol. The number of piperazine rings is 1. The molecule has 2 rings (SSSR count). The van der Waals surface area contributed by atoms with E-state index in [2.05, 4.69) is 34.3 Å². The number of anilines is 1. The third-order valence-electron chi connectivity index (χ3n) is 3.12. The number of ether oxygens (including phenoxy) is 1. The summed E-state index contributed by atoms with van der Waals surface area (Å²) < 4.78 is 5.24. The van der Waals surface area contributed by atoms with Gasteiger partial charge in [-0.15, -0.1) is 0 Å². The third-order valence-corrected chi connectivity index (χ3v) is 3.12. The van der Waals surface area contributed by atoms with Crippen molar-refractivity contribution < 1.29 is 4.74 Å². The molecule has 17 heavy (non-hydrogen) atoms. The SMILES string of the molecule is COc1cccc(N(C)CN2CCNCC2)c1. The molecule has 1 aromatic rings. The minimum atomic E-state index is 0.912. The fourth-order valence-corrected chi connectivity index (χ4v) is 2.08. The Hall–Kier alpha value is -1.26. The molecule has 0 amide bonds. The Bertz CT molecular complexity index is 350. The van der Waals surface area contributed by atoms with Crippen molar-refractivity contribution in [3.8, 4) is 5.75 Å². The van der Waals surface area contributed by atoms with Crippen LogP contribution in [0.2, 0.25) is 0 Å². The summed E-state index contributed by atoms with van der Waals surface area (Å²) in [6.07, 6.45) is 0. The van der Waals surface area contributed by atoms with Gasteiger partial charge in [-0.3, -0.25) is 4.90 Å². The second-order valence-corrected chi connectivity index (χ2v) is 4.41. The quantitative estimate of drug-likeness (QED) is 0.842. The Morgan fingerprint density at radius 1 is 1.35 bits per heavy atom. The van der Waals surface area contributed by atoms with Crippen LogP contribution in [0.15, 0.2) is 24.3 Å². The molecule has 0 unspecified atom stereocenters. The van der Waals surface area contributed by atoms with Crippen LogP contribution < -0.4 is 15.0 Å². The lowest BCUT2D eigenvalue weighted by Crippen LogP contribution is -2.47. The monoisotopic (exact) mass is 235 g/mol. The van der Waals surface area contributed by atoms with Gasteiger partial charge in [-0.1, -0.05) is 6.07 Å². The second kappa shape index (κ2) is 5.89. The molecule has 1 aliphatic heterocycles. The van der Waals surface area contributed by atoms with Gasteiger partial charge in [0.1, 0.15) is 5.75 Å². The first kappa shape index (κ1) is 12.2. The van der Waals surface area contributed by atoms with Gasteiger partial charge in [0.2, 0.25) is 0 Å². The molecule has 1 fully saturated rings. The first-order chi connectivity index (χ1) is 8.29. The van der Waals surface area contributed by atoms with Crippen LogP contribution in [0.4, 0.5) is 5.69 Å². The van der Waals surface area contributed by atoms with Crippen LogP contribution in [0.5, 0.6) is 5.75 Å². The van der Waals surface area contributed by atoms with E-state index >= 15 is 0 Å². The Kier molecular flexibility index (Phi) is 4.23. The van der Waals surface area contributed by atoms with Crippen LogP contribution in [0, 0.1) is 0 Å². The van der Waals surface area contributed by atoms with Crippen LogP contribution in [0.25, 0.3) is 0 Å². The molecule has 1 aliphatic rings. The van der Waals surface area contributed by atoms with E-state index in [0.29, 0.717) is 0 Å². The standard InChI is InChI=1S/C13H21N3O/c1-15(11-16-8-6-14-7-9-16)12-4-3-5-13(10-12)17-2/h3-5,10,14H,6-9,11H2,1-2H3. The molecule has 94 valence electrons. The number of nitrogens with zero attached hydrogens (tertiary/aromatic N) is 2. The minimum absolute atomic E-state index is 0.912. The van der Waals surface area contributed by atoms with Crippen LogP contribution in [-0.2, 0) is 0 Å². The van der Waals surface area contributed by atoms with Crippen molar-refractivity contribution >= 4 is 5.69 Å². The second-order valence-electron chi connectivity index (χ2n) is 4.41. The molecule has 0 aliphatic carbocycles. The highest BCUT2D eigenvalue weighted by Gasteiger charge is 2.11. The number of hydrogen-bond donors (Lipinski definition) is 1. The van der Waals surface area contributed by atoms with Gasteiger partial charge >= 0.3 is 0 Å². The predicted octanol–water partition coefficient (Wildman–Crippen LogP) is 0.994. The van der Waals surface area contributed by atoms with Crippen LogP contribution in [0.3, 0.4) is 0 Å². The van der Waals surface area contributed by atoms with Crippen molar-refractivity contribution in [1.82, 2.24) is 10.2 Å². The van der Waals surface area contributed by atoms with Crippen molar-refractivity contribution in [2.45, 2.75) is 0 Å². The maximum Gasteiger partial charge on any atom is 0.120 e. The van der Waals surface area contributed by atoms with Crippen molar-refractivity contribution in [2.75, 3.05) is 51.9 Å². The molecule has 0 aromatic heterocycles. The highest BCUT2D eigenvalue weighted by molar-refractivity contribution is 5.49.